The van der Waals surface area contributed by atoms with Crippen molar-refractivity contribution in [3.05, 3.63) is 46.9 Å². The molecule has 0 aliphatic rings. The molecule has 6 heteroatoms. The number of carbonyl (C=O) groups is 2. The van der Waals surface area contributed by atoms with Crippen LogP contribution in [0.15, 0.2) is 34.9 Å². The first-order chi connectivity index (χ1) is 10.0. The number of furan rings is 1. The molecule has 0 aliphatic carbocycles. The highest BCUT2D eigenvalue weighted by molar-refractivity contribution is 6.32. The van der Waals surface area contributed by atoms with Crippen LogP contribution in [0.4, 0.5) is 11.4 Å². The van der Waals surface area contributed by atoms with Crippen LogP contribution in [0.25, 0.3) is 0 Å². The predicted octanol–water partition coefficient (Wildman–Crippen LogP) is 3.84. The molecule has 0 spiro atoms. The van der Waals surface area contributed by atoms with Gasteiger partial charge in [-0.15, -0.1) is 0 Å². The van der Waals surface area contributed by atoms with Crippen molar-refractivity contribution in [3.63, 3.8) is 0 Å². The van der Waals surface area contributed by atoms with Crippen LogP contribution in [0.1, 0.15) is 29.3 Å². The fraction of sp³-hybridized carbons (Fsp3) is 0.200. The van der Waals surface area contributed by atoms with Crippen LogP contribution in [-0.2, 0) is 4.79 Å². The zero-order chi connectivity index (χ0) is 15.4. The van der Waals surface area contributed by atoms with Gasteiger partial charge >= 0.3 is 0 Å². The van der Waals surface area contributed by atoms with Gasteiger partial charge in [0.15, 0.2) is 0 Å². The molecule has 0 saturated heterocycles. The number of hydrogen-bond donors (Lipinski definition) is 2. The molecule has 2 rings (SSSR count). The summed E-state index contributed by atoms with van der Waals surface area (Å²) in [6.07, 6.45) is 1.74. The third kappa shape index (κ3) is 3.44. The maximum atomic E-state index is 12.1. The Kier molecular flexibility index (Phi) is 4.65. The van der Waals surface area contributed by atoms with E-state index in [0.717, 1.165) is 5.56 Å². The summed E-state index contributed by atoms with van der Waals surface area (Å²) in [5, 5.41) is 5.58. The Labute approximate surface area is 127 Å². The van der Waals surface area contributed by atoms with Gasteiger partial charge in [0.05, 0.1) is 11.8 Å². The second kappa shape index (κ2) is 6.45. The highest BCUT2D eigenvalue weighted by atomic mass is 35.5. The molecule has 1 aromatic heterocycles. The molecule has 0 atom stereocenters. The molecule has 5 nitrogen and oxygen atoms in total. The third-order valence-electron chi connectivity index (χ3n) is 3.04. The van der Waals surface area contributed by atoms with Crippen molar-refractivity contribution >= 4 is 34.8 Å². The van der Waals surface area contributed by atoms with E-state index in [4.69, 9.17) is 16.0 Å². The van der Waals surface area contributed by atoms with Crippen molar-refractivity contribution in [1.82, 2.24) is 0 Å². The third-order valence-corrected chi connectivity index (χ3v) is 3.33. The van der Waals surface area contributed by atoms with Gasteiger partial charge in [0, 0.05) is 17.8 Å². The largest absolute Gasteiger partial charge is 0.452 e. The lowest BCUT2D eigenvalue weighted by Gasteiger charge is -2.12. The Bertz CT molecular complexity index is 679. The zero-order valence-corrected chi connectivity index (χ0v) is 12.5. The first-order valence-electron chi connectivity index (χ1n) is 6.46. The fourth-order valence-electron chi connectivity index (χ4n) is 1.79. The molecular formula is C15H15ClN2O3. The van der Waals surface area contributed by atoms with Gasteiger partial charge in [-0.1, -0.05) is 13.0 Å². The van der Waals surface area contributed by atoms with Gasteiger partial charge in [0.1, 0.15) is 0 Å². The standard InChI is InChI=1S/C15H15ClN2O3/c1-3-13(19)17-11-5-4-6-12(9(11)2)18-15(20)10-7-8-21-14(10)16/h4-8H,3H2,1-2H3,(H,17,19)(H,18,20). The van der Waals surface area contributed by atoms with E-state index in [0.29, 0.717) is 17.8 Å². The van der Waals surface area contributed by atoms with E-state index in [2.05, 4.69) is 10.6 Å². The minimum absolute atomic E-state index is 0.0422. The summed E-state index contributed by atoms with van der Waals surface area (Å²) in [7, 11) is 0. The average molecular weight is 307 g/mol. The molecule has 21 heavy (non-hydrogen) atoms. The molecule has 0 bridgehead atoms. The quantitative estimate of drug-likeness (QED) is 0.901. The summed E-state index contributed by atoms with van der Waals surface area (Å²) in [5.41, 5.74) is 2.30. The lowest BCUT2D eigenvalue weighted by atomic mass is 10.1. The van der Waals surface area contributed by atoms with E-state index in [-0.39, 0.29) is 22.6 Å². The van der Waals surface area contributed by atoms with E-state index >= 15 is 0 Å². The van der Waals surface area contributed by atoms with E-state index in [1.54, 1.807) is 25.1 Å². The van der Waals surface area contributed by atoms with Crippen molar-refractivity contribution in [2.45, 2.75) is 20.3 Å². The predicted molar refractivity (Wildman–Crippen MR) is 81.8 cm³/mol. The lowest BCUT2D eigenvalue weighted by Crippen LogP contribution is -2.14. The average Bonchev–Trinajstić information content (AvgIpc) is 2.89. The number of nitrogens with one attached hydrogen (secondary N) is 2. The first kappa shape index (κ1) is 15.1. The van der Waals surface area contributed by atoms with Crippen LogP contribution < -0.4 is 10.6 Å². The second-order valence-corrected chi connectivity index (χ2v) is 4.79. The molecular weight excluding hydrogens is 292 g/mol. The molecule has 0 radical (unpaired) electrons. The molecule has 0 fully saturated rings. The Morgan fingerprint density at radius 2 is 1.86 bits per heavy atom. The normalized spacial score (nSPS) is 10.2. The van der Waals surface area contributed by atoms with Crippen LogP contribution in [0.2, 0.25) is 5.22 Å². The van der Waals surface area contributed by atoms with E-state index in [1.165, 1.54) is 12.3 Å². The highest BCUT2D eigenvalue weighted by Gasteiger charge is 2.15. The summed E-state index contributed by atoms with van der Waals surface area (Å²) in [4.78, 5) is 23.6. The molecule has 2 amide bonds. The summed E-state index contributed by atoms with van der Waals surface area (Å²) < 4.78 is 4.89. The number of hydrogen-bond acceptors (Lipinski definition) is 3. The van der Waals surface area contributed by atoms with E-state index in [1.807, 2.05) is 6.92 Å². The number of benzene rings is 1. The van der Waals surface area contributed by atoms with Gasteiger partial charge in [-0.05, 0) is 42.3 Å². The fourth-order valence-corrected chi connectivity index (χ4v) is 1.99. The summed E-state index contributed by atoms with van der Waals surface area (Å²) in [6, 6.07) is 6.78. The summed E-state index contributed by atoms with van der Waals surface area (Å²) in [5.74, 6) is -0.449. The van der Waals surface area contributed by atoms with E-state index in [9.17, 15) is 9.59 Å². The number of rotatable bonds is 4. The molecule has 1 aromatic carbocycles. The van der Waals surface area contributed by atoms with Crippen molar-refractivity contribution in [3.8, 4) is 0 Å². The molecule has 2 N–H and O–H groups in total. The molecule has 0 unspecified atom stereocenters. The van der Waals surface area contributed by atoms with Crippen molar-refractivity contribution < 1.29 is 14.0 Å². The lowest BCUT2D eigenvalue weighted by molar-refractivity contribution is -0.115. The summed E-state index contributed by atoms with van der Waals surface area (Å²) in [6.45, 7) is 3.59. The van der Waals surface area contributed by atoms with E-state index < -0.39 is 0 Å². The smallest absolute Gasteiger partial charge is 0.260 e. The van der Waals surface area contributed by atoms with Crippen LogP contribution in [0, 0.1) is 6.92 Å². The van der Waals surface area contributed by atoms with Crippen LogP contribution in [-0.4, -0.2) is 11.8 Å². The minimum atomic E-state index is -0.365. The minimum Gasteiger partial charge on any atom is -0.452 e. The second-order valence-electron chi connectivity index (χ2n) is 4.44. The van der Waals surface area contributed by atoms with Gasteiger partial charge < -0.3 is 15.1 Å². The van der Waals surface area contributed by atoms with Gasteiger partial charge in [-0.3, -0.25) is 9.59 Å². The number of halogens is 1. The van der Waals surface area contributed by atoms with Gasteiger partial charge in [-0.2, -0.15) is 0 Å². The molecule has 0 saturated carbocycles. The van der Waals surface area contributed by atoms with Gasteiger partial charge in [0.25, 0.3) is 5.91 Å². The number of anilines is 2. The summed E-state index contributed by atoms with van der Waals surface area (Å²) >= 11 is 5.78. The molecule has 1 heterocycles. The number of carbonyl (C=O) groups excluding carboxylic acids is 2. The highest BCUT2D eigenvalue weighted by Crippen LogP contribution is 2.25. The van der Waals surface area contributed by atoms with Crippen molar-refractivity contribution in [1.29, 1.82) is 0 Å². The monoisotopic (exact) mass is 306 g/mol. The Morgan fingerprint density at radius 1 is 1.19 bits per heavy atom. The maximum absolute atomic E-state index is 12.1. The van der Waals surface area contributed by atoms with Crippen LogP contribution in [0.5, 0.6) is 0 Å². The molecule has 2 aromatic rings. The van der Waals surface area contributed by atoms with Crippen molar-refractivity contribution in [2.75, 3.05) is 10.6 Å². The number of amides is 2. The first-order valence-corrected chi connectivity index (χ1v) is 6.84. The zero-order valence-electron chi connectivity index (χ0n) is 11.7. The topological polar surface area (TPSA) is 71.3 Å². The molecule has 0 aliphatic heterocycles. The Balaban J connectivity index is 2.21. The van der Waals surface area contributed by atoms with Crippen LogP contribution in [0.3, 0.4) is 0 Å². The Hall–Kier alpha value is -2.27. The van der Waals surface area contributed by atoms with Gasteiger partial charge in [0.2, 0.25) is 11.1 Å². The van der Waals surface area contributed by atoms with Crippen molar-refractivity contribution in [2.24, 2.45) is 0 Å². The van der Waals surface area contributed by atoms with Gasteiger partial charge in [-0.25, -0.2) is 0 Å². The molecule has 110 valence electrons. The maximum Gasteiger partial charge on any atom is 0.260 e. The van der Waals surface area contributed by atoms with Crippen LogP contribution >= 0.6 is 11.6 Å². The SMILES string of the molecule is CCC(=O)Nc1cccc(NC(=O)c2ccoc2Cl)c1C. The Morgan fingerprint density at radius 3 is 2.43 bits per heavy atom.